The van der Waals surface area contributed by atoms with Crippen molar-refractivity contribution in [3.63, 3.8) is 0 Å². The molecule has 1 saturated heterocycles. The van der Waals surface area contributed by atoms with Crippen LogP contribution in [0.4, 0.5) is 32.8 Å². The summed E-state index contributed by atoms with van der Waals surface area (Å²) in [6.45, 7) is 11.8. The molecule has 0 atom stereocenters. The Balaban J connectivity index is -0.000000320. The number of aliphatic hydroxyl groups excluding tert-OH is 4. The Morgan fingerprint density at radius 1 is 0.560 bits per heavy atom. The highest BCUT2D eigenvalue weighted by molar-refractivity contribution is 8.13. The number of nitrogens with one attached hydrogen (secondary N) is 4. The Bertz CT molecular complexity index is 2620. The van der Waals surface area contributed by atoms with Crippen molar-refractivity contribution in [1.29, 1.82) is 0 Å². The number of ether oxygens (including phenoxy) is 4. The van der Waals surface area contributed by atoms with Crippen molar-refractivity contribution < 1.29 is 114 Å². The number of rotatable bonds is 35. The molecule has 0 radical (unpaired) electrons. The lowest BCUT2D eigenvalue weighted by Crippen LogP contribution is -2.30. The molecule has 36 nitrogen and oxygen atoms in total. The lowest BCUT2D eigenvalue weighted by Gasteiger charge is -2.09. The van der Waals surface area contributed by atoms with Gasteiger partial charge >= 0.3 is 11.7 Å². The maximum atomic E-state index is 12.6. The van der Waals surface area contributed by atoms with Gasteiger partial charge in [-0.3, -0.25) is 64.4 Å². The zero-order chi connectivity index (χ0) is 70.8. The largest absolute Gasteiger partial charge is 0.394 e. The number of non-ortho nitro benzene ring substituents is 2. The molecule has 0 aromatic heterocycles. The van der Waals surface area contributed by atoms with Gasteiger partial charge in [0, 0.05) is 116 Å². The summed E-state index contributed by atoms with van der Waals surface area (Å²) in [5.41, 5.74) is -1.78. The second-order valence-electron chi connectivity index (χ2n) is 17.4. The molecule has 2 aromatic rings. The molecule has 4 amide bonds. The van der Waals surface area contributed by atoms with Crippen molar-refractivity contribution in [2.75, 3.05) is 123 Å². The number of carbonyl (C=O) groups excluding carboxylic acids is 6. The number of amides is 4. The van der Waals surface area contributed by atoms with Gasteiger partial charge in [0.15, 0.2) is 0 Å². The third kappa shape index (κ3) is 68.9. The molecule has 41 heteroatoms. The lowest BCUT2D eigenvalue weighted by molar-refractivity contribution is -0.395. The number of anilines is 1. The van der Waals surface area contributed by atoms with Crippen molar-refractivity contribution in [3.05, 3.63) is 82.7 Å². The first kappa shape index (κ1) is 92.8. The number of carbonyl (C=O) groups is 6. The Morgan fingerprint density at radius 2 is 0.890 bits per heavy atom. The number of hydrogen-bond donors (Lipinski definition) is 8. The highest BCUT2D eigenvalue weighted by atomic mass is 35.7. The highest BCUT2D eigenvalue weighted by Gasteiger charge is 2.32. The third-order valence-electron chi connectivity index (χ3n) is 9.18. The van der Waals surface area contributed by atoms with E-state index in [0.29, 0.717) is 96.2 Å². The smallest absolute Gasteiger partial charge is 0.330 e. The summed E-state index contributed by atoms with van der Waals surface area (Å²) in [5, 5.41) is 83.8. The van der Waals surface area contributed by atoms with Crippen LogP contribution in [0, 0.1) is 46.3 Å². The minimum absolute atomic E-state index is 0.00581. The van der Waals surface area contributed by atoms with E-state index >= 15 is 0 Å². The number of halogens is 3. The Labute approximate surface area is 534 Å². The summed E-state index contributed by atoms with van der Waals surface area (Å²) in [6.07, 6.45) is 9.01. The second-order valence-corrected chi connectivity index (χ2v) is 22.8. The number of nitro benzene ring substituents is 4. The fraction of sp³-hybridized carbons (Fsp3) is 0.640. The first-order valence-corrected chi connectivity index (χ1v) is 32.0. The molecule has 3 rings (SSSR count). The molecule has 2 aromatic carbocycles. The average molecular weight is 1400 g/mol. The van der Waals surface area contributed by atoms with E-state index in [0.717, 1.165) is 82.9 Å². The fourth-order valence-corrected chi connectivity index (χ4v) is 5.98. The maximum absolute atomic E-state index is 12.6. The van der Waals surface area contributed by atoms with Gasteiger partial charge in [-0.1, -0.05) is 0 Å². The van der Waals surface area contributed by atoms with Crippen LogP contribution in [0.15, 0.2) is 36.4 Å². The summed E-state index contributed by atoms with van der Waals surface area (Å²) in [6, 6.07) is 5.62. The molecule has 1 fully saturated rings. The number of hydrogen-bond acceptors (Lipinski definition) is 28. The van der Waals surface area contributed by atoms with E-state index in [1.54, 1.807) is 0 Å². The summed E-state index contributed by atoms with van der Waals surface area (Å²) in [5.74, 6) is -2.64. The van der Waals surface area contributed by atoms with Crippen molar-refractivity contribution in [3.8, 4) is 0 Å². The molecule has 0 aliphatic carbocycles. The molecule has 1 heterocycles. The zero-order valence-corrected chi connectivity index (χ0v) is 54.4. The van der Waals surface area contributed by atoms with Crippen molar-refractivity contribution in [2.24, 2.45) is 0 Å². The van der Waals surface area contributed by atoms with Gasteiger partial charge in [-0.05, 0) is 75.1 Å². The molecule has 8 N–H and O–H groups in total. The van der Waals surface area contributed by atoms with Crippen LogP contribution >= 0.6 is 22.3 Å². The number of aliphatic hydroxyl groups is 4. The van der Waals surface area contributed by atoms with E-state index in [1.807, 2.05) is 0 Å². The number of unbranched alkanes of at least 4 members (excludes halogenated alkanes) is 4. The summed E-state index contributed by atoms with van der Waals surface area (Å²) < 4.78 is 75.1. The Kier molecular flexibility index (Phi) is 60.6. The first-order valence-electron chi connectivity index (χ1n) is 27.1. The molecular formula is C50H84Cl2FN9O27S2. The monoisotopic (exact) mass is 1400 g/mol. The minimum Gasteiger partial charge on any atom is -0.394 e. The van der Waals surface area contributed by atoms with Crippen LogP contribution in [0.5, 0.6) is 0 Å². The quantitative estimate of drug-likeness (QED) is 0.0162. The van der Waals surface area contributed by atoms with Crippen LogP contribution in [0.2, 0.25) is 0 Å². The van der Waals surface area contributed by atoms with Gasteiger partial charge in [0.2, 0.25) is 41.9 Å². The number of imide groups is 1. The predicted molar refractivity (Wildman–Crippen MR) is 327 cm³/mol. The first-order chi connectivity index (χ1) is 42.5. The average Bonchev–Trinajstić information content (AvgIpc) is 1.96. The molecule has 0 unspecified atom stereocenters. The number of nitro groups is 4. The molecule has 0 bridgehead atoms. The SMILES string of the molecule is CC(=O)Cl.CC(=O)NCCCCOCCO.CC(=O)NCCCCOCCO.CC(=O)ON1C(=O)CCC1=O.CS(=O)(=O)Cl.CS(=O)(=O)NCCCCOCCO.O=[N+]([O-])c1ccc(F)c([N+](=O)[O-])c1.O=[N+]([O-])c1ccc(NCCCCOCCO)c([N+](=O)[O-])c1. The van der Waals surface area contributed by atoms with E-state index in [9.17, 15) is 90.5 Å². The van der Waals surface area contributed by atoms with Gasteiger partial charge in [-0.2, -0.15) is 4.39 Å². The van der Waals surface area contributed by atoms with Crippen LogP contribution in [0.1, 0.15) is 91.9 Å². The van der Waals surface area contributed by atoms with Crippen molar-refractivity contribution in [2.45, 2.75) is 91.9 Å². The summed E-state index contributed by atoms with van der Waals surface area (Å²) >= 11 is 4.64. The molecule has 524 valence electrons. The van der Waals surface area contributed by atoms with Crippen LogP contribution in [0.25, 0.3) is 0 Å². The van der Waals surface area contributed by atoms with Crippen LogP contribution in [0.3, 0.4) is 0 Å². The van der Waals surface area contributed by atoms with Gasteiger partial charge in [0.1, 0.15) is 5.69 Å². The highest BCUT2D eigenvalue weighted by Crippen LogP contribution is 2.29. The third-order valence-corrected chi connectivity index (χ3v) is 9.91. The Hall–Kier alpha value is -6.89. The number of benzene rings is 2. The van der Waals surface area contributed by atoms with E-state index < -0.39 is 73.7 Å². The lowest BCUT2D eigenvalue weighted by atomic mass is 10.2. The summed E-state index contributed by atoms with van der Waals surface area (Å²) in [4.78, 5) is 105. The van der Waals surface area contributed by atoms with Gasteiger partial charge in [-0.15, -0.1) is 5.06 Å². The van der Waals surface area contributed by atoms with Gasteiger partial charge in [0.05, 0.1) is 97.2 Å². The maximum Gasteiger partial charge on any atom is 0.330 e. The molecule has 1 aliphatic heterocycles. The van der Waals surface area contributed by atoms with Crippen LogP contribution in [-0.4, -0.2) is 215 Å². The fourth-order valence-electron chi connectivity index (χ4n) is 5.47. The summed E-state index contributed by atoms with van der Waals surface area (Å²) in [7, 11) is -1.74. The van der Waals surface area contributed by atoms with Gasteiger partial charge in [-0.25, -0.2) is 26.4 Å². The predicted octanol–water partition coefficient (Wildman–Crippen LogP) is 3.06. The molecular weight excluding hydrogens is 1310 g/mol. The van der Waals surface area contributed by atoms with Crippen molar-refractivity contribution in [1.82, 2.24) is 20.4 Å². The van der Waals surface area contributed by atoms with E-state index in [4.69, 9.17) is 39.4 Å². The Morgan fingerprint density at radius 3 is 1.20 bits per heavy atom. The minimum atomic E-state index is -3.19. The number of nitrogens with zero attached hydrogens (tertiary/aromatic N) is 5. The van der Waals surface area contributed by atoms with Crippen LogP contribution < -0.4 is 20.7 Å². The normalized spacial score (nSPS) is 11.1. The molecule has 1 aliphatic rings. The van der Waals surface area contributed by atoms with Gasteiger partial charge < -0.3 is 60.2 Å². The van der Waals surface area contributed by atoms with E-state index in [1.165, 1.54) is 32.9 Å². The topological polar surface area (TPSA) is 522 Å². The molecule has 0 spiro atoms. The number of sulfonamides is 1. The van der Waals surface area contributed by atoms with Gasteiger partial charge in [0.25, 0.3) is 28.9 Å². The molecule has 91 heavy (non-hydrogen) atoms. The van der Waals surface area contributed by atoms with E-state index in [2.05, 4.69) is 47.8 Å². The van der Waals surface area contributed by atoms with Crippen molar-refractivity contribution >= 4 is 105 Å². The van der Waals surface area contributed by atoms with E-state index in [-0.39, 0.29) is 73.4 Å². The second kappa shape index (κ2) is 59.4. The zero-order valence-electron chi connectivity index (χ0n) is 51.2. The molecule has 0 saturated carbocycles. The standard InChI is InChI=1S/C12H17N3O6.2C8H17NO3.C7H17NO4S.C6H3FN2O4.C6H7NO4.C2H3ClO.CH3ClO2S/c16-6-8-21-7-2-1-5-13-11-4-3-10(14(17)18)9-12(11)15(19)20;2*1-8(11)9-4-2-3-6-12-7-5-10;1-13(10,11)8-4-2-3-6-12-7-5-9;7-5-2-1-4(8(10)11)3-6(5)9(12)13;1-4(8)11-7-5(9)2-3-6(7)10;1-2(3)4;1-5(2,3)4/h3-4,9,13,16H,1-2,5-8H2;2*10H,2-7H2,1H3,(H,9,11);8-9H,2-7H2,1H3;1-3H;2-3H2,1H3;1H3;1H3. The number of hydroxylamine groups is 2. The van der Waals surface area contributed by atoms with Crippen LogP contribution in [-0.2, 0) is 71.6 Å².